The molecule has 0 aromatic rings. The number of hydrogen-bond donors (Lipinski definition) is 4. The van der Waals surface area contributed by atoms with Crippen LogP contribution in [0, 0.1) is 41.4 Å². The number of aliphatic hydroxyl groups excluding tert-OH is 3. The molecule has 6 heterocycles. The van der Waals surface area contributed by atoms with Gasteiger partial charge >= 0.3 is 5.97 Å². The quantitative estimate of drug-likeness (QED) is 0.0627. The van der Waals surface area contributed by atoms with Crippen molar-refractivity contribution in [2.75, 3.05) is 27.4 Å². The van der Waals surface area contributed by atoms with Crippen LogP contribution >= 0.6 is 0 Å². The maximum absolute atomic E-state index is 14.3. The van der Waals surface area contributed by atoms with E-state index < -0.39 is 90.8 Å². The first-order valence-electron chi connectivity index (χ1n) is 32.1. The predicted molar refractivity (Wildman–Crippen MR) is 323 cm³/mol. The summed E-state index contributed by atoms with van der Waals surface area (Å²) < 4.78 is 63.7. The van der Waals surface area contributed by atoms with E-state index in [1.165, 1.54) is 56.9 Å². The highest BCUT2D eigenvalue weighted by molar-refractivity contribution is 5.78. The molecule has 6 aliphatic heterocycles. The molecule has 1 aliphatic carbocycles. The Morgan fingerprint density at radius 2 is 1.46 bits per heavy atom. The molecule has 7 rings (SSSR count). The fourth-order valence-electron chi connectivity index (χ4n) is 13.5. The molecule has 15 heteroatoms. The van der Waals surface area contributed by atoms with Crippen molar-refractivity contribution < 1.29 is 72.6 Å². The molecule has 0 aromatic carbocycles. The second-order valence-corrected chi connectivity index (χ2v) is 26.5. The molecule has 4 saturated heterocycles. The van der Waals surface area contributed by atoms with Gasteiger partial charge in [-0.05, 0) is 100 Å². The third-order valence-electron chi connectivity index (χ3n) is 19.1. The number of ether oxygens (including phenoxy) is 10. The fourth-order valence-corrected chi connectivity index (χ4v) is 13.5. The number of methoxy groups -OCH3 is 2. The normalized spacial score (nSPS) is 40.6. The van der Waals surface area contributed by atoms with E-state index in [0.717, 1.165) is 36.2 Å². The zero-order valence-corrected chi connectivity index (χ0v) is 53.5. The molecule has 7 aliphatic rings. The van der Waals surface area contributed by atoms with E-state index in [2.05, 4.69) is 74.5 Å². The summed E-state index contributed by atoms with van der Waals surface area (Å²) in [7, 11) is 3.22. The summed E-state index contributed by atoms with van der Waals surface area (Å²) in [6, 6.07) is 0. The maximum Gasteiger partial charge on any atom is 0.316 e. The molecule has 0 saturated carbocycles. The van der Waals surface area contributed by atoms with E-state index in [9.17, 15) is 20.1 Å². The van der Waals surface area contributed by atoms with E-state index in [1.807, 2.05) is 38.2 Å². The number of fused-ring (bicyclic) bond motifs is 2. The first kappa shape index (κ1) is 69.5. The van der Waals surface area contributed by atoms with Gasteiger partial charge in [0.15, 0.2) is 18.4 Å². The van der Waals surface area contributed by atoms with Gasteiger partial charge in [0.05, 0.1) is 55.9 Å². The molecule has 2 bridgehead atoms. The van der Waals surface area contributed by atoms with Crippen LogP contribution in [0.25, 0.3) is 0 Å². The zero-order valence-electron chi connectivity index (χ0n) is 53.5. The van der Waals surface area contributed by atoms with E-state index in [-0.39, 0.29) is 49.3 Å². The highest BCUT2D eigenvalue weighted by Gasteiger charge is 2.60. The van der Waals surface area contributed by atoms with E-state index in [4.69, 9.17) is 52.5 Å². The first-order valence-corrected chi connectivity index (χ1v) is 32.1. The number of esters is 1. The molecular weight excluding hydrogens is 1060 g/mol. The molecule has 15 nitrogen and oxygen atoms in total. The second-order valence-electron chi connectivity index (χ2n) is 26.5. The molecule has 83 heavy (non-hydrogen) atoms. The van der Waals surface area contributed by atoms with Gasteiger partial charge in [-0.2, -0.15) is 0 Å². The van der Waals surface area contributed by atoms with Gasteiger partial charge in [-0.1, -0.05) is 155 Å². The summed E-state index contributed by atoms with van der Waals surface area (Å²) >= 11 is 0. The van der Waals surface area contributed by atoms with Crippen molar-refractivity contribution >= 4 is 5.97 Å². The average molecular weight is 1170 g/mol. The number of hydrogen-bond acceptors (Lipinski definition) is 15. The van der Waals surface area contributed by atoms with Gasteiger partial charge in [0.25, 0.3) is 0 Å². The van der Waals surface area contributed by atoms with Crippen LogP contribution in [0.5, 0.6) is 0 Å². The molecule has 4 fully saturated rings. The van der Waals surface area contributed by atoms with Crippen LogP contribution < -0.4 is 0 Å². The molecule has 0 aromatic heterocycles. The van der Waals surface area contributed by atoms with Gasteiger partial charge in [0.1, 0.15) is 42.0 Å². The van der Waals surface area contributed by atoms with Gasteiger partial charge < -0.3 is 67.8 Å². The number of allylic oxidation sites excluding steroid dienone is 3. The van der Waals surface area contributed by atoms with Crippen LogP contribution in [0.15, 0.2) is 70.9 Å². The molecule has 22 atom stereocenters. The van der Waals surface area contributed by atoms with Gasteiger partial charge in [-0.3, -0.25) is 4.79 Å². The van der Waals surface area contributed by atoms with Crippen LogP contribution in [0.1, 0.15) is 186 Å². The Labute approximate surface area is 499 Å². The fraction of sp³-hybridized carbons (Fsp3) is 0.809. The molecule has 4 N–H and O–H groups in total. The number of carbonyl (C=O) groups is 1. The lowest BCUT2D eigenvalue weighted by molar-refractivity contribution is -0.318. The number of rotatable bonds is 21. The monoisotopic (exact) mass is 1170 g/mol. The molecule has 0 unspecified atom stereocenters. The van der Waals surface area contributed by atoms with Crippen molar-refractivity contribution in [1.29, 1.82) is 0 Å². The van der Waals surface area contributed by atoms with Crippen LogP contribution in [-0.2, 0) is 52.2 Å². The number of carbonyl (C=O) groups excluding carboxylic acids is 1. The third-order valence-corrected chi connectivity index (χ3v) is 19.1. The van der Waals surface area contributed by atoms with Crippen molar-refractivity contribution in [3.63, 3.8) is 0 Å². The highest BCUT2D eigenvalue weighted by atomic mass is 16.7. The highest BCUT2D eigenvalue weighted by Crippen LogP contribution is 2.47. The van der Waals surface area contributed by atoms with E-state index in [0.29, 0.717) is 43.3 Å². The molecule has 474 valence electrons. The third kappa shape index (κ3) is 18.7. The van der Waals surface area contributed by atoms with Gasteiger partial charge in [0.2, 0.25) is 0 Å². The Bertz CT molecular complexity index is 2190. The summed E-state index contributed by atoms with van der Waals surface area (Å²) in [5.74, 6) is 0.0625. The van der Waals surface area contributed by atoms with Gasteiger partial charge in [-0.15, -0.1) is 0 Å². The zero-order chi connectivity index (χ0) is 60.8. The van der Waals surface area contributed by atoms with E-state index >= 15 is 0 Å². The second kappa shape index (κ2) is 32.6. The Morgan fingerprint density at radius 1 is 0.807 bits per heavy atom. The predicted octanol–water partition coefficient (Wildman–Crippen LogP) is 11.7. The van der Waals surface area contributed by atoms with Gasteiger partial charge in [0, 0.05) is 51.7 Å². The Kier molecular flexibility index (Phi) is 27.3. The minimum atomic E-state index is -1.84. The van der Waals surface area contributed by atoms with Crippen LogP contribution in [0.3, 0.4) is 0 Å². The van der Waals surface area contributed by atoms with Crippen LogP contribution in [-0.4, -0.2) is 151 Å². The minimum Gasteiger partial charge on any atom is -0.462 e. The maximum atomic E-state index is 14.3. The molecular formula is C68H112O15. The Balaban J connectivity index is 0.000000448. The van der Waals surface area contributed by atoms with Crippen LogP contribution in [0.4, 0.5) is 0 Å². The summed E-state index contributed by atoms with van der Waals surface area (Å²) in [5, 5.41) is 43.1. The largest absolute Gasteiger partial charge is 0.462 e. The lowest BCUT2D eigenvalue weighted by Crippen LogP contribution is -2.58. The summed E-state index contributed by atoms with van der Waals surface area (Å²) in [6.07, 6.45) is 22.6. The summed E-state index contributed by atoms with van der Waals surface area (Å²) in [5.41, 5.74) is 1.47. The first-order chi connectivity index (χ1) is 39.4. The Morgan fingerprint density at radius 3 is 2.12 bits per heavy atom. The van der Waals surface area contributed by atoms with Crippen molar-refractivity contribution in [2.45, 2.75) is 284 Å². The van der Waals surface area contributed by atoms with Crippen molar-refractivity contribution in [2.24, 2.45) is 41.4 Å². The topological polar surface area (TPSA) is 190 Å². The van der Waals surface area contributed by atoms with Crippen molar-refractivity contribution in [1.82, 2.24) is 0 Å². The molecule has 0 amide bonds. The smallest absolute Gasteiger partial charge is 0.316 e. The SMILES string of the molecule is C/C(=C\CO)CCC[C@H](C)CCC[C@H](C)CCCC(C)C.CC[C@H](C)[C@H]1O[C@]2(C=C[C@@H]1C)C[C@@H]1C[C@@H](C/C=C(\C)[C@@H](O[C@H]3C[C@H](OC)[C@@H](O[C@H]4C[C@H](OC)[C@@H](O)[C@H](C)O4)[C@H](C)O3)[C@@H](C)/C=C/C=C3\CO[C@@H]4[C@H](O)C(C)=C[C@@H](C(=O)O1)[C@]34O)O2. The van der Waals surface area contributed by atoms with Crippen LogP contribution in [0.2, 0.25) is 0 Å². The van der Waals surface area contributed by atoms with Crippen molar-refractivity contribution in [3.8, 4) is 0 Å². The molecule has 1 spiro atoms. The number of aliphatic hydroxyl groups is 4. The molecule has 0 radical (unpaired) electrons. The van der Waals surface area contributed by atoms with E-state index in [1.54, 1.807) is 40.2 Å². The lowest BCUT2D eigenvalue weighted by atomic mass is 9.71. The van der Waals surface area contributed by atoms with Gasteiger partial charge in [-0.25, -0.2) is 0 Å². The standard InChI is InChI=1S/C48H72O14.C20H40O/c1-11-25(2)43-28(5)17-18-47(62-43)23-34-20-33(61-47)16-15-27(4)42(26(3)13-12-14-32-24-55-45-40(49)29(6)19-35(46(51)58-34)48(32,45)52)59-39-22-37(54-10)44(31(8)57-39)60-38-21-36(53-9)41(50)30(7)56-38;1-17(2)9-6-10-18(3)11-7-12-19(4)13-8-14-20(5)15-16-21/h12-15,17-19,25-26,28,30-31,33-45,49-50,52H,11,16,20-24H2,1-10H3;15,17-19,21H,6-14,16H2,1-5H3/b13-12+,27-15+,32-14+;20-15+/t25-,26-,28-,30-,31-,33+,34-,35-,36-,37-,38-,39-,40+,41-,42-,43+,44-,45+,47+,48+;18-,19-/m01/s1. The summed E-state index contributed by atoms with van der Waals surface area (Å²) in [6.45, 7) is 27.9. The summed E-state index contributed by atoms with van der Waals surface area (Å²) in [4.78, 5) is 14.3. The Hall–Kier alpha value is -2.61. The lowest BCUT2D eigenvalue weighted by Gasteiger charge is -2.48. The van der Waals surface area contributed by atoms with Crippen molar-refractivity contribution in [3.05, 3.63) is 70.9 Å². The average Bonchev–Trinajstić information content (AvgIpc) is 2.08. The minimum absolute atomic E-state index is 0.0317.